The lowest BCUT2D eigenvalue weighted by atomic mass is 9.96. The second-order valence-corrected chi connectivity index (χ2v) is 8.35. The van der Waals surface area contributed by atoms with Crippen molar-refractivity contribution in [2.45, 2.75) is 40.3 Å². The van der Waals surface area contributed by atoms with Gasteiger partial charge < -0.3 is 19.6 Å². The van der Waals surface area contributed by atoms with Crippen molar-refractivity contribution in [3.8, 4) is 6.07 Å². The predicted octanol–water partition coefficient (Wildman–Crippen LogP) is 5.20. The molecule has 0 aliphatic carbocycles. The van der Waals surface area contributed by atoms with Gasteiger partial charge in [0.15, 0.2) is 0 Å². The number of halogens is 1. The van der Waals surface area contributed by atoms with Crippen molar-refractivity contribution in [2.75, 3.05) is 11.9 Å². The number of aromatic nitrogens is 1. The molecule has 0 bridgehead atoms. The molecular formula is C24H27ClN4O2. The van der Waals surface area contributed by atoms with Crippen molar-refractivity contribution < 1.29 is 9.21 Å². The maximum atomic E-state index is 12.8. The zero-order valence-corrected chi connectivity index (χ0v) is 19.0. The first-order valence-electron chi connectivity index (χ1n) is 10.2. The standard InChI is InChI=1S/C24H27ClN4O2/c1-15(2)23(18-7-9-19(25)10-8-18)27-13-22(30)28-24-21(12-26)16(3)17(4)29(24)14-20-6-5-11-31-20/h5-11,15,23,27H,13-14H2,1-4H3,(H,28,30). The van der Waals surface area contributed by atoms with E-state index in [1.165, 1.54) is 0 Å². The number of hydrogen-bond acceptors (Lipinski definition) is 4. The fourth-order valence-electron chi connectivity index (χ4n) is 3.67. The van der Waals surface area contributed by atoms with Gasteiger partial charge in [-0.2, -0.15) is 5.26 Å². The number of furan rings is 1. The maximum Gasteiger partial charge on any atom is 0.239 e. The Hall–Kier alpha value is -3.01. The Labute approximate surface area is 187 Å². The molecule has 1 atom stereocenters. The highest BCUT2D eigenvalue weighted by molar-refractivity contribution is 6.30. The van der Waals surface area contributed by atoms with E-state index in [1.54, 1.807) is 6.26 Å². The number of nitrogens with zero attached hydrogens (tertiary/aromatic N) is 2. The van der Waals surface area contributed by atoms with E-state index in [0.717, 1.165) is 22.6 Å². The van der Waals surface area contributed by atoms with Crippen LogP contribution in [0.15, 0.2) is 47.1 Å². The fourth-order valence-corrected chi connectivity index (χ4v) is 3.80. The summed E-state index contributed by atoms with van der Waals surface area (Å²) < 4.78 is 7.37. The van der Waals surface area contributed by atoms with Crippen LogP contribution in [-0.4, -0.2) is 17.0 Å². The quantitative estimate of drug-likeness (QED) is 0.506. The first-order valence-corrected chi connectivity index (χ1v) is 10.6. The zero-order valence-electron chi connectivity index (χ0n) is 18.2. The summed E-state index contributed by atoms with van der Waals surface area (Å²) in [6, 6.07) is 13.5. The lowest BCUT2D eigenvalue weighted by Crippen LogP contribution is -2.34. The average molecular weight is 439 g/mol. The topological polar surface area (TPSA) is 83.0 Å². The van der Waals surface area contributed by atoms with Crippen LogP contribution >= 0.6 is 11.6 Å². The molecule has 1 amide bonds. The summed E-state index contributed by atoms with van der Waals surface area (Å²) in [5.41, 5.74) is 3.30. The molecule has 0 aliphatic heterocycles. The van der Waals surface area contributed by atoms with Crippen molar-refractivity contribution in [3.05, 3.63) is 75.8 Å². The molecule has 0 fully saturated rings. The molecule has 6 nitrogen and oxygen atoms in total. The van der Waals surface area contributed by atoms with Gasteiger partial charge in [0.1, 0.15) is 17.6 Å². The van der Waals surface area contributed by atoms with E-state index in [-0.39, 0.29) is 24.4 Å². The molecule has 0 spiro atoms. The third-order valence-electron chi connectivity index (χ3n) is 5.47. The number of rotatable bonds is 8. The third-order valence-corrected chi connectivity index (χ3v) is 5.72. The molecule has 0 aliphatic rings. The normalized spacial score (nSPS) is 12.0. The molecule has 1 unspecified atom stereocenters. The Morgan fingerprint density at radius 2 is 1.94 bits per heavy atom. The highest BCUT2D eigenvalue weighted by Gasteiger charge is 2.22. The van der Waals surface area contributed by atoms with Crippen molar-refractivity contribution in [1.82, 2.24) is 9.88 Å². The number of hydrogen-bond donors (Lipinski definition) is 2. The van der Waals surface area contributed by atoms with E-state index in [2.05, 4.69) is 30.6 Å². The van der Waals surface area contributed by atoms with E-state index >= 15 is 0 Å². The second-order valence-electron chi connectivity index (χ2n) is 7.91. The van der Waals surface area contributed by atoms with Gasteiger partial charge in [-0.25, -0.2) is 0 Å². The summed E-state index contributed by atoms with van der Waals surface area (Å²) in [6.45, 7) is 8.56. The molecule has 2 aromatic heterocycles. The molecule has 162 valence electrons. The van der Waals surface area contributed by atoms with Crippen LogP contribution in [0.2, 0.25) is 5.02 Å². The van der Waals surface area contributed by atoms with Crippen LogP contribution < -0.4 is 10.6 Å². The number of carbonyl (C=O) groups excluding carboxylic acids is 1. The van der Waals surface area contributed by atoms with E-state index in [1.807, 2.05) is 54.8 Å². The smallest absolute Gasteiger partial charge is 0.239 e. The SMILES string of the molecule is Cc1c(C#N)c(NC(=O)CNC(c2ccc(Cl)cc2)C(C)C)n(Cc2ccco2)c1C. The molecule has 2 N–H and O–H groups in total. The lowest BCUT2D eigenvalue weighted by molar-refractivity contribution is -0.115. The Kier molecular flexibility index (Phi) is 7.21. The van der Waals surface area contributed by atoms with Crippen molar-refractivity contribution in [1.29, 1.82) is 5.26 Å². The molecule has 1 aromatic carbocycles. The average Bonchev–Trinajstić information content (AvgIpc) is 3.32. The number of anilines is 1. The summed E-state index contributed by atoms with van der Waals surface area (Å²) in [4.78, 5) is 12.8. The zero-order chi connectivity index (χ0) is 22.5. The molecule has 0 saturated carbocycles. The van der Waals surface area contributed by atoms with Crippen molar-refractivity contribution >= 4 is 23.3 Å². The number of nitriles is 1. The summed E-state index contributed by atoms with van der Waals surface area (Å²) >= 11 is 6.00. The van der Waals surface area contributed by atoms with Crippen LogP contribution in [0.3, 0.4) is 0 Å². The van der Waals surface area contributed by atoms with Gasteiger partial charge in [0.05, 0.1) is 24.9 Å². The first-order chi connectivity index (χ1) is 14.8. The Bertz CT molecular complexity index is 1080. The molecule has 2 heterocycles. The summed E-state index contributed by atoms with van der Waals surface area (Å²) in [5.74, 6) is 1.30. The number of benzene rings is 1. The van der Waals surface area contributed by atoms with Gasteiger partial charge in [-0.1, -0.05) is 37.6 Å². The van der Waals surface area contributed by atoms with Gasteiger partial charge in [-0.05, 0) is 55.2 Å². The van der Waals surface area contributed by atoms with Gasteiger partial charge in [0.2, 0.25) is 5.91 Å². The number of amides is 1. The van der Waals surface area contributed by atoms with Crippen molar-refractivity contribution in [2.24, 2.45) is 5.92 Å². The van der Waals surface area contributed by atoms with Crippen molar-refractivity contribution in [3.63, 3.8) is 0 Å². The van der Waals surface area contributed by atoms with Crippen LogP contribution in [0.4, 0.5) is 5.82 Å². The van der Waals surface area contributed by atoms with E-state index < -0.39 is 0 Å². The van der Waals surface area contributed by atoms with Gasteiger partial charge in [-0.3, -0.25) is 4.79 Å². The monoisotopic (exact) mass is 438 g/mol. The van der Waals surface area contributed by atoms with Crippen LogP contribution in [0.1, 0.15) is 48.0 Å². The molecule has 3 aromatic rings. The van der Waals surface area contributed by atoms with Gasteiger partial charge in [0.25, 0.3) is 0 Å². The summed E-state index contributed by atoms with van der Waals surface area (Å²) in [6.07, 6.45) is 1.61. The summed E-state index contributed by atoms with van der Waals surface area (Å²) in [7, 11) is 0. The largest absolute Gasteiger partial charge is 0.467 e. The highest BCUT2D eigenvalue weighted by Crippen LogP contribution is 2.28. The van der Waals surface area contributed by atoms with E-state index in [4.69, 9.17) is 16.0 Å². The molecule has 3 rings (SSSR count). The number of nitrogens with one attached hydrogen (secondary N) is 2. The minimum atomic E-state index is -0.214. The highest BCUT2D eigenvalue weighted by atomic mass is 35.5. The summed E-state index contributed by atoms with van der Waals surface area (Å²) in [5, 5.41) is 16.6. The second kappa shape index (κ2) is 9.86. The Morgan fingerprint density at radius 3 is 2.52 bits per heavy atom. The minimum Gasteiger partial charge on any atom is -0.467 e. The molecule has 7 heteroatoms. The van der Waals surface area contributed by atoms with Gasteiger partial charge in [0, 0.05) is 16.8 Å². The Morgan fingerprint density at radius 1 is 1.23 bits per heavy atom. The van der Waals surface area contributed by atoms with Crippen LogP contribution in [0.25, 0.3) is 0 Å². The van der Waals surface area contributed by atoms with Gasteiger partial charge in [-0.15, -0.1) is 0 Å². The molecule has 31 heavy (non-hydrogen) atoms. The number of carbonyl (C=O) groups is 1. The maximum absolute atomic E-state index is 12.8. The van der Waals surface area contributed by atoms with Gasteiger partial charge >= 0.3 is 0 Å². The molecular weight excluding hydrogens is 412 g/mol. The van der Waals surface area contributed by atoms with E-state index in [9.17, 15) is 10.1 Å². The minimum absolute atomic E-state index is 0.00293. The predicted molar refractivity (Wildman–Crippen MR) is 122 cm³/mol. The lowest BCUT2D eigenvalue weighted by Gasteiger charge is -2.23. The van der Waals surface area contributed by atoms with E-state index in [0.29, 0.717) is 22.9 Å². The first kappa shape index (κ1) is 22.7. The fraction of sp³-hybridized carbons (Fsp3) is 0.333. The van der Waals surface area contributed by atoms with Crippen LogP contribution in [0.5, 0.6) is 0 Å². The Balaban J connectivity index is 1.77. The third kappa shape index (κ3) is 5.19. The molecule has 0 radical (unpaired) electrons. The van der Waals surface area contributed by atoms with Crippen LogP contribution in [-0.2, 0) is 11.3 Å². The van der Waals surface area contributed by atoms with Crippen LogP contribution in [0, 0.1) is 31.1 Å². The molecule has 0 saturated heterocycles.